The SMILES string of the molecule is CNCC(O)C(O)[C@@H](O)C(O)CO. The van der Waals surface area contributed by atoms with E-state index in [1.807, 2.05) is 0 Å². The number of hydrogen-bond acceptors (Lipinski definition) is 6. The molecule has 0 amide bonds. The first-order chi connectivity index (χ1) is 6.04. The fourth-order valence-corrected chi connectivity index (χ4v) is 0.893. The largest absolute Gasteiger partial charge is 0.394 e. The van der Waals surface area contributed by atoms with E-state index in [1.165, 1.54) is 0 Å². The molecule has 0 aromatic heterocycles. The summed E-state index contributed by atoms with van der Waals surface area (Å²) in [5.74, 6) is 0. The fourth-order valence-electron chi connectivity index (χ4n) is 0.893. The number of aliphatic hydroxyl groups is 5. The van der Waals surface area contributed by atoms with Gasteiger partial charge in [0.05, 0.1) is 12.7 Å². The number of aliphatic hydroxyl groups excluding tert-OH is 5. The molecular formula is C7H17NO5. The molecule has 0 saturated carbocycles. The van der Waals surface area contributed by atoms with Crippen molar-refractivity contribution < 1.29 is 25.5 Å². The highest BCUT2D eigenvalue weighted by Crippen LogP contribution is 2.04. The normalized spacial score (nSPS) is 20.8. The highest BCUT2D eigenvalue weighted by Gasteiger charge is 2.29. The van der Waals surface area contributed by atoms with Crippen LogP contribution in [0.1, 0.15) is 0 Å². The van der Waals surface area contributed by atoms with Crippen molar-refractivity contribution in [2.45, 2.75) is 24.4 Å². The first-order valence-electron chi connectivity index (χ1n) is 4.02. The maximum absolute atomic E-state index is 9.21. The smallest absolute Gasteiger partial charge is 0.111 e. The number of likely N-dealkylation sites (N-methyl/N-ethyl adjacent to an activating group) is 1. The monoisotopic (exact) mass is 195 g/mol. The van der Waals surface area contributed by atoms with Gasteiger partial charge in [0, 0.05) is 6.54 Å². The third-order valence-corrected chi connectivity index (χ3v) is 1.74. The molecule has 6 heteroatoms. The van der Waals surface area contributed by atoms with Crippen LogP contribution in [0.5, 0.6) is 0 Å². The van der Waals surface area contributed by atoms with E-state index in [1.54, 1.807) is 7.05 Å². The second kappa shape index (κ2) is 6.25. The van der Waals surface area contributed by atoms with Gasteiger partial charge in [-0.1, -0.05) is 0 Å². The second-order valence-corrected chi connectivity index (χ2v) is 2.86. The Balaban J connectivity index is 3.99. The van der Waals surface area contributed by atoms with Gasteiger partial charge >= 0.3 is 0 Å². The first-order valence-corrected chi connectivity index (χ1v) is 4.02. The van der Waals surface area contributed by atoms with Crippen LogP contribution in [-0.4, -0.2) is 70.1 Å². The molecule has 0 saturated heterocycles. The lowest BCUT2D eigenvalue weighted by atomic mass is 10.0. The van der Waals surface area contributed by atoms with E-state index in [0.717, 1.165) is 0 Å². The minimum absolute atomic E-state index is 0.0936. The van der Waals surface area contributed by atoms with Gasteiger partial charge in [0.1, 0.15) is 18.3 Å². The second-order valence-electron chi connectivity index (χ2n) is 2.86. The van der Waals surface area contributed by atoms with Crippen LogP contribution < -0.4 is 5.32 Å². The predicted octanol–water partition coefficient (Wildman–Crippen LogP) is -3.36. The van der Waals surface area contributed by atoms with Gasteiger partial charge in [0.2, 0.25) is 0 Å². The van der Waals surface area contributed by atoms with Crippen molar-refractivity contribution in [3.8, 4) is 0 Å². The van der Waals surface area contributed by atoms with Crippen LogP contribution in [0, 0.1) is 0 Å². The third-order valence-electron chi connectivity index (χ3n) is 1.74. The number of rotatable bonds is 6. The Morgan fingerprint density at radius 3 is 1.85 bits per heavy atom. The van der Waals surface area contributed by atoms with E-state index < -0.39 is 31.0 Å². The first kappa shape index (κ1) is 12.8. The Kier molecular flexibility index (Phi) is 6.13. The summed E-state index contributed by atoms with van der Waals surface area (Å²) in [7, 11) is 1.57. The van der Waals surface area contributed by atoms with Crippen LogP contribution in [0.3, 0.4) is 0 Å². The van der Waals surface area contributed by atoms with E-state index in [9.17, 15) is 5.11 Å². The molecule has 0 aliphatic rings. The molecule has 0 aliphatic heterocycles. The molecule has 0 heterocycles. The number of nitrogens with one attached hydrogen (secondary N) is 1. The Hall–Kier alpha value is -0.240. The maximum atomic E-state index is 9.21. The molecule has 13 heavy (non-hydrogen) atoms. The molecule has 4 atom stereocenters. The summed E-state index contributed by atoms with van der Waals surface area (Å²) in [6.07, 6.45) is -5.65. The highest BCUT2D eigenvalue weighted by atomic mass is 16.4. The molecule has 0 aromatic carbocycles. The van der Waals surface area contributed by atoms with Crippen molar-refractivity contribution in [3.05, 3.63) is 0 Å². The fraction of sp³-hybridized carbons (Fsp3) is 1.00. The van der Waals surface area contributed by atoms with Gasteiger partial charge in [-0.15, -0.1) is 0 Å². The maximum Gasteiger partial charge on any atom is 0.111 e. The zero-order chi connectivity index (χ0) is 10.4. The molecule has 0 aromatic rings. The van der Waals surface area contributed by atoms with Crippen LogP contribution in [0.2, 0.25) is 0 Å². The lowest BCUT2D eigenvalue weighted by Gasteiger charge is -2.25. The molecule has 0 rings (SSSR count). The summed E-state index contributed by atoms with van der Waals surface area (Å²) in [4.78, 5) is 0. The molecular weight excluding hydrogens is 178 g/mol. The van der Waals surface area contributed by atoms with Crippen LogP contribution in [0.25, 0.3) is 0 Å². The van der Waals surface area contributed by atoms with E-state index in [-0.39, 0.29) is 6.54 Å². The van der Waals surface area contributed by atoms with Gasteiger partial charge in [-0.3, -0.25) is 0 Å². The molecule has 3 unspecified atom stereocenters. The van der Waals surface area contributed by atoms with Crippen LogP contribution in [-0.2, 0) is 0 Å². The van der Waals surface area contributed by atoms with Gasteiger partial charge in [-0.05, 0) is 7.05 Å². The molecule has 80 valence electrons. The van der Waals surface area contributed by atoms with Gasteiger partial charge in [0.25, 0.3) is 0 Å². The summed E-state index contributed by atoms with van der Waals surface area (Å²) in [6, 6.07) is 0. The minimum atomic E-state index is -1.55. The molecule has 0 spiro atoms. The molecule has 0 fully saturated rings. The zero-order valence-corrected chi connectivity index (χ0v) is 7.46. The van der Waals surface area contributed by atoms with Crippen molar-refractivity contribution in [2.24, 2.45) is 0 Å². The average molecular weight is 195 g/mol. The average Bonchev–Trinajstić information content (AvgIpc) is 2.14. The Morgan fingerprint density at radius 1 is 1.00 bits per heavy atom. The van der Waals surface area contributed by atoms with Gasteiger partial charge in [-0.2, -0.15) is 0 Å². The van der Waals surface area contributed by atoms with Crippen molar-refractivity contribution in [1.29, 1.82) is 0 Å². The predicted molar refractivity (Wildman–Crippen MR) is 45.0 cm³/mol. The van der Waals surface area contributed by atoms with E-state index in [2.05, 4.69) is 5.32 Å². The summed E-state index contributed by atoms with van der Waals surface area (Å²) < 4.78 is 0. The standard InChI is InChI=1S/C7H17NO5/c1-8-2-4(10)6(12)7(13)5(11)3-9/h4-13H,2-3H2,1H3/t4?,5?,6?,7-/m0/s1. The van der Waals surface area contributed by atoms with Crippen molar-refractivity contribution in [2.75, 3.05) is 20.2 Å². The Labute approximate surface area is 76.4 Å². The third kappa shape index (κ3) is 3.99. The van der Waals surface area contributed by atoms with Gasteiger partial charge in [-0.25, -0.2) is 0 Å². The lowest BCUT2D eigenvalue weighted by Crippen LogP contribution is -2.48. The van der Waals surface area contributed by atoms with E-state index in [4.69, 9.17) is 20.4 Å². The summed E-state index contributed by atoms with van der Waals surface area (Å²) >= 11 is 0. The molecule has 6 N–H and O–H groups in total. The van der Waals surface area contributed by atoms with Crippen LogP contribution in [0.15, 0.2) is 0 Å². The Bertz CT molecular complexity index is 134. The summed E-state index contributed by atoms with van der Waals surface area (Å²) in [5, 5.41) is 47.5. The molecule has 6 nitrogen and oxygen atoms in total. The molecule has 0 bridgehead atoms. The van der Waals surface area contributed by atoms with Crippen molar-refractivity contribution in [3.63, 3.8) is 0 Å². The Morgan fingerprint density at radius 2 is 1.46 bits per heavy atom. The van der Waals surface area contributed by atoms with Crippen LogP contribution >= 0.6 is 0 Å². The van der Waals surface area contributed by atoms with Gasteiger partial charge in [0.15, 0.2) is 0 Å². The highest BCUT2D eigenvalue weighted by molar-refractivity contribution is 4.81. The summed E-state index contributed by atoms with van der Waals surface area (Å²) in [6.45, 7) is -0.569. The van der Waals surface area contributed by atoms with E-state index >= 15 is 0 Å². The zero-order valence-electron chi connectivity index (χ0n) is 7.46. The summed E-state index contributed by atoms with van der Waals surface area (Å²) in [5.41, 5.74) is 0. The van der Waals surface area contributed by atoms with Crippen LogP contribution in [0.4, 0.5) is 0 Å². The van der Waals surface area contributed by atoms with Crippen molar-refractivity contribution in [1.82, 2.24) is 5.32 Å². The number of hydrogen-bond donors (Lipinski definition) is 6. The topological polar surface area (TPSA) is 113 Å². The molecule has 0 aliphatic carbocycles. The van der Waals surface area contributed by atoms with Crippen molar-refractivity contribution >= 4 is 0 Å². The lowest BCUT2D eigenvalue weighted by molar-refractivity contribution is -0.113. The minimum Gasteiger partial charge on any atom is -0.394 e. The van der Waals surface area contributed by atoms with Gasteiger partial charge < -0.3 is 30.8 Å². The van der Waals surface area contributed by atoms with E-state index in [0.29, 0.717) is 0 Å². The quantitative estimate of drug-likeness (QED) is 0.264. The molecule has 0 radical (unpaired) electrons.